The molecule has 1 amide bonds. The topological polar surface area (TPSA) is 73.0 Å². The Labute approximate surface area is 185 Å². The average molecular weight is 466 g/mol. The summed E-state index contributed by atoms with van der Waals surface area (Å²) in [7, 11) is 0. The van der Waals surface area contributed by atoms with Crippen LogP contribution in [0, 0.1) is 5.82 Å². The maximum Gasteiger partial charge on any atom is 0.279 e. The summed E-state index contributed by atoms with van der Waals surface area (Å²) in [6, 6.07) is 12.3. The van der Waals surface area contributed by atoms with Gasteiger partial charge in [-0.05, 0) is 36.4 Å². The molecular weight excluding hydrogens is 454 g/mol. The molecule has 0 aliphatic heterocycles. The Balaban J connectivity index is 1.50. The van der Waals surface area contributed by atoms with Crippen LogP contribution in [0.4, 0.5) is 10.2 Å². The van der Waals surface area contributed by atoms with E-state index in [1.54, 1.807) is 24.4 Å². The second-order valence-electron chi connectivity index (χ2n) is 6.26. The lowest BCUT2D eigenvalue weighted by Crippen LogP contribution is -2.13. The van der Waals surface area contributed by atoms with E-state index in [0.29, 0.717) is 26.9 Å². The maximum absolute atomic E-state index is 13.1. The fraction of sp³-hybridized carbons (Fsp3) is 0.0500. The summed E-state index contributed by atoms with van der Waals surface area (Å²) >= 11 is 18.6. The summed E-state index contributed by atoms with van der Waals surface area (Å²) in [6.07, 6.45) is 1.55. The van der Waals surface area contributed by atoms with Gasteiger partial charge in [0.1, 0.15) is 10.8 Å². The van der Waals surface area contributed by atoms with Crippen molar-refractivity contribution in [1.82, 2.24) is 14.9 Å². The van der Waals surface area contributed by atoms with Crippen molar-refractivity contribution in [2.75, 3.05) is 5.32 Å². The highest BCUT2D eigenvalue weighted by Crippen LogP contribution is 2.27. The Morgan fingerprint density at radius 1 is 1.07 bits per heavy atom. The van der Waals surface area contributed by atoms with Crippen LogP contribution < -0.4 is 5.32 Å². The van der Waals surface area contributed by atoms with E-state index in [1.807, 2.05) is 0 Å². The molecule has 6 nitrogen and oxygen atoms in total. The Hall–Kier alpha value is -2.87. The lowest BCUT2D eigenvalue weighted by atomic mass is 10.1. The van der Waals surface area contributed by atoms with Gasteiger partial charge >= 0.3 is 0 Å². The zero-order valence-electron chi connectivity index (χ0n) is 15.1. The second-order valence-corrected chi connectivity index (χ2v) is 7.48. The van der Waals surface area contributed by atoms with Crippen molar-refractivity contribution in [2.24, 2.45) is 0 Å². The lowest BCUT2D eigenvalue weighted by Gasteiger charge is -2.06. The van der Waals surface area contributed by atoms with Gasteiger partial charge in [0.05, 0.1) is 6.54 Å². The van der Waals surface area contributed by atoms with Gasteiger partial charge in [0.25, 0.3) is 5.91 Å². The molecule has 2 aromatic carbocycles. The van der Waals surface area contributed by atoms with Crippen molar-refractivity contribution in [3.8, 4) is 11.3 Å². The molecule has 4 aromatic rings. The number of carbonyl (C=O) groups is 1. The largest absolute Gasteiger partial charge is 0.355 e. The highest BCUT2D eigenvalue weighted by Gasteiger charge is 2.18. The fourth-order valence-corrected chi connectivity index (χ4v) is 3.43. The van der Waals surface area contributed by atoms with E-state index >= 15 is 0 Å². The number of hydrogen-bond acceptors (Lipinski definition) is 4. The van der Waals surface area contributed by atoms with Gasteiger partial charge in [-0.2, -0.15) is 5.10 Å². The number of halogens is 4. The number of amides is 1. The summed E-state index contributed by atoms with van der Waals surface area (Å²) in [4.78, 5) is 12.5. The molecule has 0 atom stereocenters. The van der Waals surface area contributed by atoms with Gasteiger partial charge in [-0.25, -0.2) is 4.39 Å². The number of aromatic nitrogens is 3. The molecular formula is C20H12Cl3FN4O2. The van der Waals surface area contributed by atoms with Crippen LogP contribution in [0.15, 0.2) is 59.3 Å². The van der Waals surface area contributed by atoms with E-state index in [-0.39, 0.29) is 28.9 Å². The van der Waals surface area contributed by atoms with Gasteiger partial charge in [-0.1, -0.05) is 46.0 Å². The first kappa shape index (κ1) is 20.4. The van der Waals surface area contributed by atoms with Crippen LogP contribution >= 0.6 is 34.8 Å². The Morgan fingerprint density at radius 3 is 2.47 bits per heavy atom. The maximum atomic E-state index is 13.1. The van der Waals surface area contributed by atoms with Crippen molar-refractivity contribution >= 4 is 46.5 Å². The Morgan fingerprint density at radius 2 is 1.77 bits per heavy atom. The first-order valence-electron chi connectivity index (χ1n) is 8.60. The summed E-state index contributed by atoms with van der Waals surface area (Å²) in [6.45, 7) is 0.271. The van der Waals surface area contributed by atoms with Crippen molar-refractivity contribution < 1.29 is 13.7 Å². The molecule has 152 valence electrons. The SMILES string of the molecule is O=C(Nc1nn(Cc2c(Cl)cccc2Cl)cc1Cl)c1cc(-c2ccc(F)cc2)on1. The van der Waals surface area contributed by atoms with Crippen molar-refractivity contribution in [1.29, 1.82) is 0 Å². The molecule has 4 rings (SSSR count). The van der Waals surface area contributed by atoms with E-state index in [4.69, 9.17) is 39.3 Å². The van der Waals surface area contributed by atoms with Gasteiger partial charge in [0.2, 0.25) is 0 Å². The number of anilines is 1. The molecule has 0 saturated heterocycles. The van der Waals surface area contributed by atoms with Crippen LogP contribution in [0.3, 0.4) is 0 Å². The first-order chi connectivity index (χ1) is 14.4. The predicted octanol–water partition coefficient (Wildman–Crippen LogP) is 5.94. The molecule has 0 fully saturated rings. The monoisotopic (exact) mass is 464 g/mol. The zero-order valence-corrected chi connectivity index (χ0v) is 17.3. The minimum atomic E-state index is -0.560. The third kappa shape index (κ3) is 4.33. The summed E-state index contributed by atoms with van der Waals surface area (Å²) in [5, 5.41) is 11.8. The lowest BCUT2D eigenvalue weighted by molar-refractivity contribution is 0.101. The summed E-state index contributed by atoms with van der Waals surface area (Å²) in [5.74, 6) is -0.462. The second kappa shape index (κ2) is 8.47. The van der Waals surface area contributed by atoms with E-state index in [1.165, 1.54) is 35.0 Å². The van der Waals surface area contributed by atoms with E-state index in [0.717, 1.165) is 0 Å². The quantitative estimate of drug-likeness (QED) is 0.396. The van der Waals surface area contributed by atoms with Gasteiger partial charge in [0.15, 0.2) is 17.3 Å². The molecule has 2 aromatic heterocycles. The van der Waals surface area contributed by atoms with Crippen LogP contribution in [0.1, 0.15) is 16.1 Å². The minimum Gasteiger partial charge on any atom is -0.355 e. The van der Waals surface area contributed by atoms with Gasteiger partial charge in [0, 0.05) is 33.4 Å². The van der Waals surface area contributed by atoms with Crippen LogP contribution in [-0.4, -0.2) is 20.8 Å². The predicted molar refractivity (Wildman–Crippen MR) is 113 cm³/mol. The molecule has 0 radical (unpaired) electrons. The van der Waals surface area contributed by atoms with Crippen LogP contribution in [0.2, 0.25) is 15.1 Å². The van der Waals surface area contributed by atoms with E-state index in [2.05, 4.69) is 15.6 Å². The van der Waals surface area contributed by atoms with Crippen LogP contribution in [-0.2, 0) is 6.54 Å². The number of nitrogens with zero attached hydrogens (tertiary/aromatic N) is 3. The van der Waals surface area contributed by atoms with Gasteiger partial charge in [-0.15, -0.1) is 0 Å². The smallest absolute Gasteiger partial charge is 0.279 e. The van der Waals surface area contributed by atoms with Crippen molar-refractivity contribution in [2.45, 2.75) is 6.54 Å². The number of rotatable bonds is 5. The molecule has 2 heterocycles. The molecule has 0 spiro atoms. The fourth-order valence-electron chi connectivity index (χ4n) is 2.71. The number of hydrogen-bond donors (Lipinski definition) is 1. The zero-order chi connectivity index (χ0) is 21.3. The molecule has 30 heavy (non-hydrogen) atoms. The van der Waals surface area contributed by atoms with Gasteiger partial charge < -0.3 is 9.84 Å². The highest BCUT2D eigenvalue weighted by atomic mass is 35.5. The Bertz CT molecular complexity index is 1200. The van der Waals surface area contributed by atoms with Crippen LogP contribution in [0.5, 0.6) is 0 Å². The number of nitrogens with one attached hydrogen (secondary N) is 1. The summed E-state index contributed by atoms with van der Waals surface area (Å²) < 4.78 is 19.7. The number of benzene rings is 2. The highest BCUT2D eigenvalue weighted by molar-refractivity contribution is 6.36. The third-order valence-electron chi connectivity index (χ3n) is 4.20. The van der Waals surface area contributed by atoms with E-state index < -0.39 is 5.91 Å². The minimum absolute atomic E-state index is 0.0223. The Kier molecular flexibility index (Phi) is 5.76. The van der Waals surface area contributed by atoms with Gasteiger partial charge in [-0.3, -0.25) is 9.48 Å². The molecule has 1 N–H and O–H groups in total. The number of carbonyl (C=O) groups excluding carboxylic acids is 1. The average Bonchev–Trinajstić information content (AvgIpc) is 3.33. The first-order valence-corrected chi connectivity index (χ1v) is 9.74. The standard InChI is InChI=1S/C20H12Cl3FN4O2/c21-14-2-1-3-15(22)13(14)9-28-10-16(23)19(26-28)25-20(29)17-8-18(30-27-17)11-4-6-12(24)7-5-11/h1-8,10H,9H2,(H,25,26,29). The third-order valence-corrected chi connectivity index (χ3v) is 5.19. The van der Waals surface area contributed by atoms with Crippen molar-refractivity contribution in [3.63, 3.8) is 0 Å². The molecule has 0 aliphatic carbocycles. The summed E-state index contributed by atoms with van der Waals surface area (Å²) in [5.41, 5.74) is 1.29. The molecule has 10 heteroatoms. The molecule has 0 unspecified atom stereocenters. The normalized spacial score (nSPS) is 10.9. The molecule has 0 saturated carbocycles. The van der Waals surface area contributed by atoms with Crippen molar-refractivity contribution in [3.05, 3.63) is 86.9 Å². The molecule has 0 bridgehead atoms. The molecule has 0 aliphatic rings. The van der Waals surface area contributed by atoms with E-state index in [9.17, 15) is 9.18 Å². The van der Waals surface area contributed by atoms with Crippen LogP contribution in [0.25, 0.3) is 11.3 Å².